The molecule has 3 aromatic rings. The van der Waals surface area contributed by atoms with Crippen LogP contribution in [-0.2, 0) is 9.59 Å². The van der Waals surface area contributed by atoms with Gasteiger partial charge in [0.15, 0.2) is 17.3 Å². The van der Waals surface area contributed by atoms with E-state index in [0.29, 0.717) is 41.7 Å². The van der Waals surface area contributed by atoms with E-state index in [1.165, 1.54) is 4.90 Å². The summed E-state index contributed by atoms with van der Waals surface area (Å²) in [5.74, 6) is -1.08. The first kappa shape index (κ1) is 22.5. The number of fused-ring (bicyclic) bond motifs is 6. The molecule has 190 valence electrons. The van der Waals surface area contributed by atoms with Crippen LogP contribution in [0.4, 0.5) is 5.69 Å². The molecule has 4 aliphatic heterocycles. The van der Waals surface area contributed by atoms with Crippen LogP contribution in [0.25, 0.3) is 0 Å². The molecule has 0 bridgehead atoms. The van der Waals surface area contributed by atoms with E-state index >= 15 is 0 Å². The first-order chi connectivity index (χ1) is 18.6. The maximum absolute atomic E-state index is 14.1. The maximum atomic E-state index is 14.1. The molecule has 0 spiro atoms. The fraction of sp³-hybridized carbons (Fsp3) is 0.241. The van der Waals surface area contributed by atoms with Crippen molar-refractivity contribution >= 4 is 29.5 Å². The Morgan fingerprint density at radius 1 is 0.921 bits per heavy atom. The second-order valence-corrected chi connectivity index (χ2v) is 9.63. The lowest BCUT2D eigenvalue weighted by Gasteiger charge is -2.34. The summed E-state index contributed by atoms with van der Waals surface area (Å²) >= 11 is 0. The molecule has 3 aromatic carbocycles. The molecule has 0 aliphatic carbocycles. The molecule has 0 N–H and O–H groups in total. The average molecular weight is 510 g/mol. The minimum absolute atomic E-state index is 0.271. The molecule has 9 nitrogen and oxygen atoms in total. The summed E-state index contributed by atoms with van der Waals surface area (Å²) in [5, 5.41) is 6.26. The second-order valence-electron chi connectivity index (χ2n) is 9.63. The highest BCUT2D eigenvalue weighted by Crippen LogP contribution is 2.53. The van der Waals surface area contributed by atoms with Gasteiger partial charge in [0.1, 0.15) is 25.0 Å². The number of amides is 2. The van der Waals surface area contributed by atoms with E-state index < -0.39 is 29.8 Å². The Morgan fingerprint density at radius 3 is 2.45 bits per heavy atom. The van der Waals surface area contributed by atoms with E-state index in [9.17, 15) is 14.4 Å². The molecular weight excluding hydrogens is 486 g/mol. The number of hydrazone groups is 1. The van der Waals surface area contributed by atoms with Gasteiger partial charge in [-0.15, -0.1) is 0 Å². The van der Waals surface area contributed by atoms with Crippen molar-refractivity contribution in [3.8, 4) is 17.2 Å². The number of nitrogens with zero attached hydrogens (tertiary/aromatic N) is 3. The maximum Gasteiger partial charge on any atom is 0.240 e. The standard InChI is InChI=1S/C29H23N3O6/c1-36-19-9-6-16(7-10-19)27(33)26-24-23(25-20-5-3-2-4-17(20)15-30-32(25)26)28(34)31(29(24)35)18-8-11-21-22(14-18)38-13-12-37-21/h2-11,14-15,23-26H,12-13H2,1H3. The molecule has 4 unspecified atom stereocenters. The van der Waals surface area contributed by atoms with Crippen molar-refractivity contribution in [2.45, 2.75) is 12.1 Å². The van der Waals surface area contributed by atoms with Crippen LogP contribution in [0.1, 0.15) is 27.5 Å². The molecule has 4 aliphatic rings. The monoisotopic (exact) mass is 509 g/mol. The van der Waals surface area contributed by atoms with Crippen LogP contribution in [0.15, 0.2) is 71.8 Å². The third-order valence-electron chi connectivity index (χ3n) is 7.72. The van der Waals surface area contributed by atoms with Gasteiger partial charge in [0, 0.05) is 11.6 Å². The molecule has 4 atom stereocenters. The zero-order valence-electron chi connectivity index (χ0n) is 20.4. The smallest absolute Gasteiger partial charge is 0.240 e. The number of hydrogen-bond acceptors (Lipinski definition) is 8. The van der Waals surface area contributed by atoms with Gasteiger partial charge in [0.2, 0.25) is 11.8 Å². The van der Waals surface area contributed by atoms with E-state index in [1.807, 2.05) is 24.3 Å². The van der Waals surface area contributed by atoms with Gasteiger partial charge in [0.25, 0.3) is 0 Å². The van der Waals surface area contributed by atoms with E-state index in [4.69, 9.17) is 14.2 Å². The fourth-order valence-corrected chi connectivity index (χ4v) is 6.02. The summed E-state index contributed by atoms with van der Waals surface area (Å²) in [6, 6.07) is 17.9. The number of hydrogen-bond donors (Lipinski definition) is 0. The number of ether oxygens (including phenoxy) is 3. The Balaban J connectivity index is 1.33. The highest BCUT2D eigenvalue weighted by Gasteiger charge is 2.65. The Bertz CT molecular complexity index is 1520. The minimum atomic E-state index is -0.943. The third kappa shape index (κ3) is 3.17. The van der Waals surface area contributed by atoms with Gasteiger partial charge in [0.05, 0.1) is 36.9 Å². The second kappa shape index (κ2) is 8.44. The van der Waals surface area contributed by atoms with Crippen molar-refractivity contribution in [3.05, 3.63) is 83.4 Å². The number of carbonyl (C=O) groups excluding carboxylic acids is 3. The van der Waals surface area contributed by atoms with Crippen molar-refractivity contribution in [1.82, 2.24) is 5.01 Å². The van der Waals surface area contributed by atoms with E-state index in [2.05, 4.69) is 5.10 Å². The Kier molecular flexibility index (Phi) is 5.01. The predicted molar refractivity (Wildman–Crippen MR) is 137 cm³/mol. The number of carbonyl (C=O) groups is 3. The molecule has 9 heteroatoms. The van der Waals surface area contributed by atoms with Crippen molar-refractivity contribution < 1.29 is 28.6 Å². The van der Waals surface area contributed by atoms with Gasteiger partial charge >= 0.3 is 0 Å². The van der Waals surface area contributed by atoms with Crippen molar-refractivity contribution in [2.75, 3.05) is 25.2 Å². The number of ketones is 1. The summed E-state index contributed by atoms with van der Waals surface area (Å²) in [7, 11) is 1.55. The quantitative estimate of drug-likeness (QED) is 0.394. The number of imide groups is 1. The van der Waals surface area contributed by atoms with Crippen LogP contribution in [0.3, 0.4) is 0 Å². The first-order valence-electron chi connectivity index (χ1n) is 12.4. The van der Waals surface area contributed by atoms with Gasteiger partial charge in [-0.1, -0.05) is 24.3 Å². The lowest BCUT2D eigenvalue weighted by molar-refractivity contribution is -0.124. The van der Waals surface area contributed by atoms with Crippen LogP contribution >= 0.6 is 0 Å². The van der Waals surface area contributed by atoms with E-state index in [0.717, 1.165) is 11.1 Å². The molecule has 38 heavy (non-hydrogen) atoms. The number of Topliss-reactive ketones (excluding diaryl/α,β-unsaturated/α-hetero) is 1. The lowest BCUT2D eigenvalue weighted by atomic mass is 9.83. The van der Waals surface area contributed by atoms with E-state index in [1.54, 1.807) is 60.8 Å². The molecule has 0 radical (unpaired) electrons. The zero-order valence-corrected chi connectivity index (χ0v) is 20.4. The Hall–Kier alpha value is -4.66. The number of benzene rings is 3. The van der Waals surface area contributed by atoms with Gasteiger partial charge in [-0.05, 0) is 47.5 Å². The average Bonchev–Trinajstić information content (AvgIpc) is 3.44. The van der Waals surface area contributed by atoms with Gasteiger partial charge in [-0.3, -0.25) is 19.4 Å². The molecule has 2 fully saturated rings. The summed E-state index contributed by atoms with van der Waals surface area (Å²) < 4.78 is 16.5. The normalized spacial score (nSPS) is 24.7. The molecule has 0 aromatic heterocycles. The highest BCUT2D eigenvalue weighted by molar-refractivity contribution is 6.24. The molecule has 7 rings (SSSR count). The lowest BCUT2D eigenvalue weighted by Crippen LogP contribution is -2.44. The van der Waals surface area contributed by atoms with Crippen LogP contribution in [0.2, 0.25) is 0 Å². The van der Waals surface area contributed by atoms with Gasteiger partial charge in [-0.25, -0.2) is 4.90 Å². The third-order valence-corrected chi connectivity index (χ3v) is 7.72. The van der Waals surface area contributed by atoms with Crippen molar-refractivity contribution in [2.24, 2.45) is 16.9 Å². The molecule has 2 saturated heterocycles. The SMILES string of the molecule is COc1ccc(C(=O)C2C3C(=O)N(c4ccc5c(c4)OCCO5)C(=O)C3C3c4ccccc4C=NN23)cc1. The summed E-state index contributed by atoms with van der Waals surface area (Å²) in [6.45, 7) is 0.818. The first-order valence-corrected chi connectivity index (χ1v) is 12.4. The highest BCUT2D eigenvalue weighted by atomic mass is 16.6. The predicted octanol–water partition coefficient (Wildman–Crippen LogP) is 3.23. The molecule has 4 heterocycles. The molecule has 2 amide bonds. The molecule has 0 saturated carbocycles. The van der Waals surface area contributed by atoms with Gasteiger partial charge < -0.3 is 14.2 Å². The van der Waals surface area contributed by atoms with Crippen LogP contribution in [0, 0.1) is 11.8 Å². The van der Waals surface area contributed by atoms with E-state index in [-0.39, 0.29) is 11.7 Å². The van der Waals surface area contributed by atoms with Gasteiger partial charge in [-0.2, -0.15) is 5.10 Å². The summed E-state index contributed by atoms with van der Waals surface area (Å²) in [5.41, 5.74) is 2.55. The van der Waals surface area contributed by atoms with Crippen LogP contribution in [0.5, 0.6) is 17.2 Å². The number of rotatable bonds is 4. The minimum Gasteiger partial charge on any atom is -0.497 e. The van der Waals surface area contributed by atoms with Crippen molar-refractivity contribution in [3.63, 3.8) is 0 Å². The largest absolute Gasteiger partial charge is 0.497 e. The number of anilines is 1. The number of methoxy groups -OCH3 is 1. The zero-order chi connectivity index (χ0) is 26.0. The van der Waals surface area contributed by atoms with Crippen LogP contribution in [-0.4, -0.2) is 55.2 Å². The topological polar surface area (TPSA) is 97.7 Å². The Labute approximate surface area is 218 Å². The van der Waals surface area contributed by atoms with Crippen LogP contribution < -0.4 is 19.1 Å². The Morgan fingerprint density at radius 2 is 1.66 bits per heavy atom. The summed E-state index contributed by atoms with van der Waals surface area (Å²) in [6.07, 6.45) is 1.69. The summed E-state index contributed by atoms with van der Waals surface area (Å²) in [4.78, 5) is 43.3. The van der Waals surface area contributed by atoms with Crippen molar-refractivity contribution in [1.29, 1.82) is 0 Å². The molecular formula is C29H23N3O6. The fourth-order valence-electron chi connectivity index (χ4n) is 6.02.